The lowest BCUT2D eigenvalue weighted by molar-refractivity contribution is 0.349. The number of nitrogens with one attached hydrogen (secondary N) is 1. The molecule has 120 valence electrons. The van der Waals surface area contributed by atoms with E-state index in [4.69, 9.17) is 10.1 Å². The fourth-order valence-corrected chi connectivity index (χ4v) is 3.55. The molecule has 0 amide bonds. The Morgan fingerprint density at radius 1 is 1.39 bits per heavy atom. The summed E-state index contributed by atoms with van der Waals surface area (Å²) in [5.74, 6) is 1.42. The highest BCUT2D eigenvalue weighted by Crippen LogP contribution is 2.29. The van der Waals surface area contributed by atoms with Crippen LogP contribution in [0.1, 0.15) is 16.3 Å². The average Bonchev–Trinajstić information content (AvgIpc) is 3.08. The van der Waals surface area contributed by atoms with Gasteiger partial charge < -0.3 is 14.7 Å². The zero-order valence-corrected chi connectivity index (χ0v) is 14.0. The lowest BCUT2D eigenvalue weighted by atomic mass is 10.1. The van der Waals surface area contributed by atoms with Crippen LogP contribution in [0, 0.1) is 12.3 Å². The number of thiazole rings is 1. The number of aromatic nitrogens is 1. The maximum absolute atomic E-state index is 10.2. The van der Waals surface area contributed by atoms with Crippen molar-refractivity contribution in [1.29, 1.82) is 5.41 Å². The van der Waals surface area contributed by atoms with Crippen LogP contribution in [0.3, 0.4) is 0 Å². The number of aliphatic hydroxyl groups excluding tert-OH is 1. The third-order valence-electron chi connectivity index (χ3n) is 3.86. The van der Waals surface area contributed by atoms with E-state index in [-0.39, 0.29) is 5.76 Å². The Kier molecular flexibility index (Phi) is 4.34. The van der Waals surface area contributed by atoms with Crippen molar-refractivity contribution in [3.8, 4) is 5.75 Å². The first kappa shape index (κ1) is 15.6. The number of methoxy groups -OCH3 is 1. The molecule has 2 N–H and O–H groups in total. The fourth-order valence-electron chi connectivity index (χ4n) is 2.68. The van der Waals surface area contributed by atoms with Crippen molar-refractivity contribution >= 4 is 22.7 Å². The smallest absolute Gasteiger partial charge is 0.135 e. The molecule has 5 nitrogen and oxygen atoms in total. The molecule has 3 rings (SSSR count). The van der Waals surface area contributed by atoms with Crippen molar-refractivity contribution in [1.82, 2.24) is 9.88 Å². The topological polar surface area (TPSA) is 69.4 Å². The van der Waals surface area contributed by atoms with Crippen molar-refractivity contribution in [2.45, 2.75) is 13.3 Å². The van der Waals surface area contributed by atoms with Gasteiger partial charge in [0.1, 0.15) is 22.4 Å². The minimum atomic E-state index is 0.226. The molecule has 23 heavy (non-hydrogen) atoms. The molecule has 0 spiro atoms. The number of nitrogens with zero attached hydrogens (tertiary/aromatic N) is 2. The van der Waals surface area contributed by atoms with Gasteiger partial charge >= 0.3 is 0 Å². The summed E-state index contributed by atoms with van der Waals surface area (Å²) in [6, 6.07) is 7.88. The molecule has 1 aromatic carbocycles. The maximum atomic E-state index is 10.2. The molecule has 0 radical (unpaired) electrons. The quantitative estimate of drug-likeness (QED) is 0.883. The van der Waals surface area contributed by atoms with Crippen LogP contribution in [0.25, 0.3) is 5.57 Å². The third kappa shape index (κ3) is 3.07. The minimum Gasteiger partial charge on any atom is -0.510 e. The predicted molar refractivity (Wildman–Crippen MR) is 92.4 cm³/mol. The van der Waals surface area contributed by atoms with Gasteiger partial charge in [0, 0.05) is 17.6 Å². The summed E-state index contributed by atoms with van der Waals surface area (Å²) in [6.07, 6.45) is 0.754. The first-order chi connectivity index (χ1) is 11.1. The highest BCUT2D eigenvalue weighted by atomic mass is 32.1. The van der Waals surface area contributed by atoms with Crippen molar-refractivity contribution in [2.24, 2.45) is 0 Å². The highest BCUT2D eigenvalue weighted by molar-refractivity contribution is 7.11. The van der Waals surface area contributed by atoms with Crippen LogP contribution < -0.4 is 4.74 Å². The SMILES string of the molecule is COc1ccccc1CCN1CC(O)=C(c2nc(C)cs2)C1=N. The molecule has 0 unspecified atom stereocenters. The normalized spacial score (nSPS) is 14.7. The lowest BCUT2D eigenvalue weighted by Crippen LogP contribution is -2.28. The number of ether oxygens (including phenoxy) is 1. The van der Waals surface area contributed by atoms with Gasteiger partial charge in [0.15, 0.2) is 0 Å². The van der Waals surface area contributed by atoms with Crippen LogP contribution in [0.4, 0.5) is 0 Å². The Balaban J connectivity index is 1.71. The number of hydrogen-bond donors (Lipinski definition) is 2. The molecule has 0 saturated heterocycles. The van der Waals surface area contributed by atoms with Crippen molar-refractivity contribution < 1.29 is 9.84 Å². The van der Waals surface area contributed by atoms with E-state index < -0.39 is 0 Å². The van der Waals surface area contributed by atoms with E-state index in [1.165, 1.54) is 11.3 Å². The number of hydrogen-bond acceptors (Lipinski definition) is 5. The largest absolute Gasteiger partial charge is 0.510 e. The van der Waals surface area contributed by atoms with E-state index in [9.17, 15) is 5.11 Å². The molecule has 2 heterocycles. The van der Waals surface area contributed by atoms with Crippen LogP contribution in [-0.2, 0) is 6.42 Å². The second kappa shape index (κ2) is 6.42. The van der Waals surface area contributed by atoms with Crippen LogP contribution in [0.2, 0.25) is 0 Å². The van der Waals surface area contributed by atoms with Gasteiger partial charge in [-0.05, 0) is 25.0 Å². The van der Waals surface area contributed by atoms with E-state index >= 15 is 0 Å². The standard InChI is InChI=1S/C17H19N3O2S/c1-11-10-23-17(19-11)15-13(21)9-20(16(15)18)8-7-12-5-3-4-6-14(12)22-2/h3-6,10,18,21H,7-9H2,1-2H3. The van der Waals surface area contributed by atoms with Crippen LogP contribution in [0.15, 0.2) is 35.4 Å². The number of rotatable bonds is 5. The number of para-hydroxylation sites is 1. The summed E-state index contributed by atoms with van der Waals surface area (Å²) in [7, 11) is 1.66. The Labute approximate surface area is 139 Å². The van der Waals surface area contributed by atoms with Gasteiger partial charge in [-0.15, -0.1) is 11.3 Å². The summed E-state index contributed by atoms with van der Waals surface area (Å²) in [5, 5.41) is 21.2. The number of aryl methyl sites for hydroxylation is 1. The fraction of sp³-hybridized carbons (Fsp3) is 0.294. The predicted octanol–water partition coefficient (Wildman–Crippen LogP) is 3.26. The van der Waals surface area contributed by atoms with Gasteiger partial charge in [0.25, 0.3) is 0 Å². The number of benzene rings is 1. The molecule has 0 atom stereocenters. The lowest BCUT2D eigenvalue weighted by Gasteiger charge is -2.19. The first-order valence-electron chi connectivity index (χ1n) is 7.40. The number of amidine groups is 1. The van der Waals surface area contributed by atoms with E-state index in [0.29, 0.717) is 29.5 Å². The molecule has 6 heteroatoms. The van der Waals surface area contributed by atoms with Gasteiger partial charge in [-0.25, -0.2) is 4.98 Å². The van der Waals surface area contributed by atoms with Gasteiger partial charge in [0.2, 0.25) is 0 Å². The van der Waals surface area contributed by atoms with Crippen LogP contribution in [-0.4, -0.2) is 41.0 Å². The van der Waals surface area contributed by atoms with Crippen LogP contribution in [0.5, 0.6) is 5.75 Å². The monoisotopic (exact) mass is 329 g/mol. The van der Waals surface area contributed by atoms with Crippen molar-refractivity contribution in [3.63, 3.8) is 0 Å². The molecule has 2 aromatic rings. The summed E-state index contributed by atoms with van der Waals surface area (Å²) in [5.41, 5.74) is 2.56. The zero-order chi connectivity index (χ0) is 16.4. The zero-order valence-electron chi connectivity index (χ0n) is 13.2. The Bertz CT molecular complexity index is 767. The first-order valence-corrected chi connectivity index (χ1v) is 8.28. The average molecular weight is 329 g/mol. The second-order valence-corrected chi connectivity index (χ2v) is 6.31. The Morgan fingerprint density at radius 3 is 2.87 bits per heavy atom. The summed E-state index contributed by atoms with van der Waals surface area (Å²) in [6.45, 7) is 2.93. The highest BCUT2D eigenvalue weighted by Gasteiger charge is 2.29. The van der Waals surface area contributed by atoms with Crippen LogP contribution >= 0.6 is 11.3 Å². The van der Waals surface area contributed by atoms with E-state index in [1.54, 1.807) is 7.11 Å². The van der Waals surface area contributed by atoms with E-state index in [0.717, 1.165) is 23.4 Å². The molecule has 0 aliphatic carbocycles. The Hall–Kier alpha value is -2.34. The molecular weight excluding hydrogens is 310 g/mol. The van der Waals surface area contributed by atoms with Gasteiger partial charge in [0.05, 0.1) is 19.2 Å². The third-order valence-corrected chi connectivity index (χ3v) is 4.84. The summed E-state index contributed by atoms with van der Waals surface area (Å²) < 4.78 is 5.36. The maximum Gasteiger partial charge on any atom is 0.135 e. The van der Waals surface area contributed by atoms with E-state index in [1.807, 2.05) is 41.5 Å². The van der Waals surface area contributed by atoms with Crippen molar-refractivity contribution in [2.75, 3.05) is 20.2 Å². The molecule has 0 fully saturated rings. The molecule has 0 saturated carbocycles. The van der Waals surface area contributed by atoms with Gasteiger partial charge in [-0.1, -0.05) is 18.2 Å². The summed E-state index contributed by atoms with van der Waals surface area (Å²) in [4.78, 5) is 6.26. The minimum absolute atomic E-state index is 0.226. The molecule has 1 aliphatic rings. The van der Waals surface area contributed by atoms with E-state index in [2.05, 4.69) is 4.98 Å². The Morgan fingerprint density at radius 2 is 2.17 bits per heavy atom. The molecular formula is C17H19N3O2S. The number of aliphatic hydroxyl groups is 1. The van der Waals surface area contributed by atoms with Gasteiger partial charge in [-0.3, -0.25) is 5.41 Å². The molecule has 1 aliphatic heterocycles. The second-order valence-electron chi connectivity index (χ2n) is 5.45. The summed E-state index contributed by atoms with van der Waals surface area (Å²) >= 11 is 1.46. The van der Waals surface area contributed by atoms with Crippen molar-refractivity contribution in [3.05, 3.63) is 51.7 Å². The molecule has 1 aromatic heterocycles. The molecule has 0 bridgehead atoms. The van der Waals surface area contributed by atoms with Gasteiger partial charge in [-0.2, -0.15) is 0 Å².